The van der Waals surface area contributed by atoms with Crippen LogP contribution in [0.2, 0.25) is 5.02 Å². The number of methoxy groups -OCH3 is 1. The van der Waals surface area contributed by atoms with Crippen LogP contribution in [0.15, 0.2) is 27.8 Å². The topological polar surface area (TPSA) is 135 Å². The van der Waals surface area contributed by atoms with Crippen LogP contribution in [0.1, 0.15) is 37.1 Å². The summed E-state index contributed by atoms with van der Waals surface area (Å²) in [6, 6.07) is 5.56. The molecule has 0 radical (unpaired) electrons. The second-order valence-corrected chi connectivity index (χ2v) is 9.80. The number of ether oxygens (including phenoxy) is 1. The maximum Gasteiger partial charge on any atom is 0.277 e. The number of piperidine rings is 1. The minimum atomic E-state index is -0.564. The number of β-amino-alcohol motifs (C(OH)–C–C–N with tert-alkyl or cyclic N) is 1. The van der Waals surface area contributed by atoms with Crippen molar-refractivity contribution in [1.29, 1.82) is 5.26 Å². The third-order valence-electron chi connectivity index (χ3n) is 7.21. The quantitative estimate of drug-likeness (QED) is 0.415. The number of hydrogen-bond acceptors (Lipinski definition) is 9. The molecule has 0 amide bonds. The van der Waals surface area contributed by atoms with Crippen LogP contribution in [0.25, 0.3) is 28.1 Å². The van der Waals surface area contributed by atoms with E-state index in [-0.39, 0.29) is 33.6 Å². The number of hydrogen-bond donors (Lipinski definition) is 1. The lowest BCUT2D eigenvalue weighted by molar-refractivity contribution is 0.0492. The summed E-state index contributed by atoms with van der Waals surface area (Å²) in [5.41, 5.74) is 0.938. The molecule has 1 aliphatic heterocycles. The number of benzene rings is 1. The number of likely N-dealkylation sites (tertiary alicyclic amines) is 1. The predicted molar refractivity (Wildman–Crippen MR) is 130 cm³/mol. The first-order valence-electron chi connectivity index (χ1n) is 11.9. The Morgan fingerprint density at radius 3 is 2.89 bits per heavy atom. The van der Waals surface area contributed by atoms with Gasteiger partial charge in [0.1, 0.15) is 29.2 Å². The Bertz CT molecular complexity index is 1580. The highest BCUT2D eigenvalue weighted by Gasteiger charge is 2.50. The maximum absolute atomic E-state index is 14.0. The Kier molecular flexibility index (Phi) is 5.57. The zero-order valence-corrected chi connectivity index (χ0v) is 20.4. The van der Waals surface area contributed by atoms with Gasteiger partial charge >= 0.3 is 0 Å². The zero-order valence-electron chi connectivity index (χ0n) is 19.6. The van der Waals surface area contributed by atoms with Gasteiger partial charge in [-0.1, -0.05) is 16.8 Å². The summed E-state index contributed by atoms with van der Waals surface area (Å²) in [7, 11) is 1.60. The number of nitrogens with zero attached hydrogens (tertiary/aromatic N) is 7. The van der Waals surface area contributed by atoms with Crippen LogP contribution in [0, 0.1) is 11.3 Å². The van der Waals surface area contributed by atoms with Gasteiger partial charge in [0.2, 0.25) is 5.82 Å². The Balaban J connectivity index is 1.52. The molecule has 12 heteroatoms. The molecule has 2 fully saturated rings. The van der Waals surface area contributed by atoms with E-state index in [9.17, 15) is 15.2 Å². The molecule has 1 saturated heterocycles. The minimum absolute atomic E-state index is 0.201. The molecule has 0 spiro atoms. The van der Waals surface area contributed by atoms with Crippen molar-refractivity contribution in [2.75, 3.05) is 26.7 Å². The van der Waals surface area contributed by atoms with Gasteiger partial charge in [-0.05, 0) is 44.4 Å². The van der Waals surface area contributed by atoms with Crippen LogP contribution in [0.3, 0.4) is 0 Å². The third-order valence-corrected chi connectivity index (χ3v) is 7.52. The van der Waals surface area contributed by atoms with Crippen molar-refractivity contribution in [3.63, 3.8) is 0 Å². The number of aliphatic hydroxyl groups excluding tert-OH is 1. The predicted octanol–water partition coefficient (Wildman–Crippen LogP) is 2.32. The van der Waals surface area contributed by atoms with Crippen molar-refractivity contribution < 1.29 is 14.4 Å². The zero-order chi connectivity index (χ0) is 25.0. The van der Waals surface area contributed by atoms with Gasteiger partial charge in [-0.15, -0.1) is 0 Å². The first-order valence-corrected chi connectivity index (χ1v) is 12.3. The van der Waals surface area contributed by atoms with Crippen molar-refractivity contribution in [2.45, 2.75) is 43.9 Å². The molecule has 1 aromatic carbocycles. The molecule has 4 aromatic rings. The second kappa shape index (κ2) is 8.67. The normalized spacial score (nSPS) is 19.7. The lowest BCUT2D eigenvalue weighted by Gasteiger charge is -2.30. The van der Waals surface area contributed by atoms with Crippen molar-refractivity contribution in [1.82, 2.24) is 29.0 Å². The van der Waals surface area contributed by atoms with E-state index in [4.69, 9.17) is 20.9 Å². The monoisotopic (exact) mass is 509 g/mol. The molecule has 1 saturated carbocycles. The van der Waals surface area contributed by atoms with Crippen molar-refractivity contribution in [3.8, 4) is 17.6 Å². The Morgan fingerprint density at radius 1 is 1.33 bits per heavy atom. The molecular formula is C24H24ClN7O4. The highest BCUT2D eigenvalue weighted by Crippen LogP contribution is 2.48. The van der Waals surface area contributed by atoms with Gasteiger partial charge in [0.25, 0.3) is 11.4 Å². The molecule has 1 atom stereocenters. The molecule has 3 aromatic heterocycles. The first kappa shape index (κ1) is 23.1. The highest BCUT2D eigenvalue weighted by molar-refractivity contribution is 6.32. The van der Waals surface area contributed by atoms with Crippen molar-refractivity contribution >= 4 is 28.2 Å². The van der Waals surface area contributed by atoms with Crippen LogP contribution < -0.4 is 5.56 Å². The van der Waals surface area contributed by atoms with Gasteiger partial charge < -0.3 is 18.9 Å². The van der Waals surface area contributed by atoms with Crippen molar-refractivity contribution in [3.05, 3.63) is 45.3 Å². The Hall–Kier alpha value is -3.30. The van der Waals surface area contributed by atoms with Crippen LogP contribution >= 0.6 is 11.6 Å². The van der Waals surface area contributed by atoms with E-state index in [1.807, 2.05) is 0 Å². The molecule has 1 N–H and O–H groups in total. The van der Waals surface area contributed by atoms with E-state index >= 15 is 0 Å². The minimum Gasteiger partial charge on any atom is -0.392 e. The Labute approximate surface area is 210 Å². The number of fused-ring (bicyclic) bond motifs is 3. The first-order chi connectivity index (χ1) is 17.5. The van der Waals surface area contributed by atoms with E-state index < -0.39 is 5.60 Å². The van der Waals surface area contributed by atoms with Gasteiger partial charge in [-0.2, -0.15) is 10.2 Å². The van der Waals surface area contributed by atoms with E-state index in [1.54, 1.807) is 28.2 Å². The molecule has 2 aliphatic rings. The van der Waals surface area contributed by atoms with Crippen molar-refractivity contribution in [2.24, 2.45) is 0 Å². The summed E-state index contributed by atoms with van der Waals surface area (Å²) in [4.78, 5) is 25.0. The number of rotatable bonds is 6. The summed E-state index contributed by atoms with van der Waals surface area (Å²) >= 11 is 6.36. The van der Waals surface area contributed by atoms with E-state index in [0.29, 0.717) is 42.3 Å². The standard InChI is InChI=1S/C24H24ClN7O4/c1-35-24(6-7-24)23-28-21(29-36-23)18-20-22(34)31(10-9-30-8-2-3-14(33)12-30)19-15(11-26)16(25)4-5-17(19)32(20)13-27-18/h4-5,13-14,33H,2-3,6-10,12H2,1H3. The summed E-state index contributed by atoms with van der Waals surface area (Å²) in [5, 5.41) is 24.3. The SMILES string of the molecule is COC1(c2nc(-c3ncn4c3c(=O)n(CCN3CCCC(O)C3)c3c(C#N)c(Cl)ccc34)no2)CC1. The lowest BCUT2D eigenvalue weighted by Crippen LogP contribution is -2.41. The molecule has 1 unspecified atom stereocenters. The van der Waals surface area contributed by atoms with Crippen LogP contribution in [-0.4, -0.2) is 66.9 Å². The molecule has 6 rings (SSSR count). The molecule has 0 bridgehead atoms. The smallest absolute Gasteiger partial charge is 0.277 e. The molecular weight excluding hydrogens is 486 g/mol. The molecule has 186 valence electrons. The molecule has 36 heavy (non-hydrogen) atoms. The summed E-state index contributed by atoms with van der Waals surface area (Å²) in [6.45, 7) is 2.22. The second-order valence-electron chi connectivity index (χ2n) is 9.39. The maximum atomic E-state index is 14.0. The average molecular weight is 510 g/mol. The van der Waals surface area contributed by atoms with Gasteiger partial charge in [0, 0.05) is 26.7 Å². The third kappa shape index (κ3) is 3.60. The summed E-state index contributed by atoms with van der Waals surface area (Å²) in [5.74, 6) is 0.567. The Morgan fingerprint density at radius 2 is 2.17 bits per heavy atom. The fourth-order valence-corrected chi connectivity index (χ4v) is 5.27. The van der Waals surface area contributed by atoms with Gasteiger partial charge in [-0.25, -0.2) is 4.98 Å². The number of aromatic nitrogens is 5. The molecule has 11 nitrogen and oxygen atoms in total. The van der Waals surface area contributed by atoms with E-state index in [2.05, 4.69) is 26.1 Å². The summed E-state index contributed by atoms with van der Waals surface area (Å²) in [6.07, 6.45) is 4.38. The number of imidazole rings is 1. The lowest BCUT2D eigenvalue weighted by atomic mass is 10.1. The fraction of sp³-hybridized carbons (Fsp3) is 0.458. The largest absolute Gasteiger partial charge is 0.392 e. The van der Waals surface area contributed by atoms with Crippen LogP contribution in [0.4, 0.5) is 0 Å². The van der Waals surface area contributed by atoms with Crippen LogP contribution in [-0.2, 0) is 16.9 Å². The summed E-state index contributed by atoms with van der Waals surface area (Å²) < 4.78 is 14.2. The average Bonchev–Trinajstić information content (AvgIpc) is 3.30. The van der Waals surface area contributed by atoms with Gasteiger partial charge in [0.05, 0.1) is 27.7 Å². The van der Waals surface area contributed by atoms with Crippen LogP contribution in [0.5, 0.6) is 0 Å². The number of halogens is 1. The number of nitriles is 1. The highest BCUT2D eigenvalue weighted by atomic mass is 35.5. The van der Waals surface area contributed by atoms with E-state index in [0.717, 1.165) is 32.2 Å². The van der Waals surface area contributed by atoms with Gasteiger partial charge in [0.15, 0.2) is 0 Å². The molecule has 1 aliphatic carbocycles. The van der Waals surface area contributed by atoms with E-state index in [1.165, 1.54) is 6.33 Å². The van der Waals surface area contributed by atoms with Gasteiger partial charge in [-0.3, -0.25) is 14.1 Å². The number of aliphatic hydroxyl groups is 1. The molecule has 4 heterocycles. The fourth-order valence-electron chi connectivity index (χ4n) is 5.07.